The molecule has 11 heteroatoms. The zero-order chi connectivity index (χ0) is 17.1. The second-order valence-electron chi connectivity index (χ2n) is 3.70. The molecule has 0 aliphatic carbocycles. The molecular weight excluding hydrogens is 388 g/mol. The van der Waals surface area contributed by atoms with Gasteiger partial charge in [-0.3, -0.25) is 11.5 Å². The van der Waals surface area contributed by atoms with E-state index < -0.39 is 0 Å². The number of thiol groups is 2. The standard InChI is InChI=1S/C11H15N7S2.ClH.Ni/c1-6(15-17-10(12)19)8-4-3-5-9(14-8)7(2)16-18-11(13)20;;/h3-5H,1-2H3,(H6,12,13,14,17,18,19,20);1H;/q;;+1/p-1. The van der Waals surface area contributed by atoms with E-state index in [9.17, 15) is 0 Å². The second kappa shape index (κ2) is 11.5. The van der Waals surface area contributed by atoms with Crippen molar-refractivity contribution in [3.05, 3.63) is 40.4 Å². The number of halogens is 1. The molecule has 1 rings (SSSR count). The Morgan fingerprint density at radius 1 is 1.05 bits per heavy atom. The van der Waals surface area contributed by atoms with E-state index in [1.165, 1.54) is 0 Å². The minimum absolute atomic E-state index is 0.0804. The first-order chi connectivity index (χ1) is 10.4. The second-order valence-corrected chi connectivity index (χ2v) is 4.61. The monoisotopic (exact) mass is 402 g/mol. The van der Waals surface area contributed by atoms with Crippen molar-refractivity contribution in [3.63, 3.8) is 0 Å². The molecular formula is C11H15ClN7NiS2. The van der Waals surface area contributed by atoms with Crippen LogP contribution >= 0.6 is 10.2 Å². The number of pyridine rings is 1. The van der Waals surface area contributed by atoms with Crippen LogP contribution in [0.1, 0.15) is 25.2 Å². The van der Waals surface area contributed by atoms with E-state index in [1.807, 2.05) is 6.07 Å². The van der Waals surface area contributed by atoms with Crippen LogP contribution in [-0.2, 0) is 39.0 Å². The van der Waals surface area contributed by atoms with Gasteiger partial charge in [0.2, 0.25) is 0 Å². The fourth-order valence-electron chi connectivity index (χ4n) is 1.19. The third-order valence-electron chi connectivity index (χ3n) is 2.10. The summed E-state index contributed by atoms with van der Waals surface area (Å²) >= 11 is 11.0. The van der Waals surface area contributed by atoms with Crippen molar-refractivity contribution in [1.29, 1.82) is 0 Å². The van der Waals surface area contributed by atoms with Crippen LogP contribution in [-0.4, -0.2) is 26.6 Å². The van der Waals surface area contributed by atoms with Gasteiger partial charge in [-0.15, -0.1) is 0 Å². The van der Waals surface area contributed by atoms with E-state index in [-0.39, 0.29) is 10.2 Å². The topological polar surface area (TPSA) is 118 Å². The molecule has 1 aromatic heterocycles. The van der Waals surface area contributed by atoms with Gasteiger partial charge in [-0.2, -0.15) is 0 Å². The molecule has 1 heterocycles. The summed E-state index contributed by atoms with van der Waals surface area (Å²) in [6, 6.07) is 5.43. The van der Waals surface area contributed by atoms with Crippen LogP contribution < -0.4 is 11.5 Å². The fraction of sp³-hybridized carbons (Fsp3) is 0.182. The molecule has 1 aromatic rings. The summed E-state index contributed by atoms with van der Waals surface area (Å²) < 4.78 is 0. The quantitative estimate of drug-likeness (QED) is 0.191. The molecule has 0 saturated heterocycles. The Bertz CT molecular complexity index is 544. The van der Waals surface area contributed by atoms with Crippen LogP contribution in [0.5, 0.6) is 0 Å². The maximum atomic E-state index is 5.30. The molecule has 123 valence electrons. The molecule has 0 bridgehead atoms. The summed E-state index contributed by atoms with van der Waals surface area (Å²) in [5.74, 6) is 0. The van der Waals surface area contributed by atoms with Crippen LogP contribution in [0.15, 0.2) is 28.4 Å². The van der Waals surface area contributed by atoms with Crippen molar-refractivity contribution in [3.8, 4) is 0 Å². The number of hydrogen-bond donors (Lipinski definition) is 2. The van der Waals surface area contributed by atoms with E-state index in [0.29, 0.717) is 22.8 Å². The average Bonchev–Trinajstić information content (AvgIpc) is 2.52. The SMILES string of the molecule is CC(=N[N-]C(N)=[SH+])c1cccc(C(C)=N[N-]C(N)=[SH+])n1.[Cl][Ni]. The predicted octanol–water partition coefficient (Wildman–Crippen LogP) is 0.615. The molecule has 0 unspecified atom stereocenters. The molecule has 7 nitrogen and oxygen atoms in total. The normalized spacial score (nSPS) is 11.2. The van der Waals surface area contributed by atoms with E-state index >= 15 is 0 Å². The third kappa shape index (κ3) is 8.42. The van der Waals surface area contributed by atoms with Gasteiger partial charge in [-0.1, -0.05) is 6.07 Å². The van der Waals surface area contributed by atoms with Gasteiger partial charge in [0.25, 0.3) is 0 Å². The number of aromatic nitrogens is 1. The van der Waals surface area contributed by atoms with E-state index in [1.54, 1.807) is 26.0 Å². The molecule has 22 heavy (non-hydrogen) atoms. The Morgan fingerprint density at radius 3 is 1.73 bits per heavy atom. The third-order valence-corrected chi connectivity index (χ3v) is 2.27. The molecule has 0 saturated carbocycles. The number of nitrogens with two attached hydrogens (primary N) is 2. The van der Waals surface area contributed by atoms with Gasteiger partial charge in [-0.25, -0.2) is 4.98 Å². The molecule has 0 radical (unpaired) electrons. The fourth-order valence-corrected chi connectivity index (χ4v) is 1.28. The van der Waals surface area contributed by atoms with Gasteiger partial charge in [0, 0.05) is 11.4 Å². The zero-order valence-corrected chi connectivity index (χ0v) is 15.2. The summed E-state index contributed by atoms with van der Waals surface area (Å²) in [5, 5.41) is 7.98. The summed E-state index contributed by atoms with van der Waals surface area (Å²) in [5.41, 5.74) is 20.4. The van der Waals surface area contributed by atoms with Crippen molar-refractivity contribution in [1.82, 2.24) is 4.98 Å². The summed E-state index contributed by atoms with van der Waals surface area (Å²) in [6.07, 6.45) is 0. The molecule has 0 atom stereocenters. The van der Waals surface area contributed by atoms with E-state index in [4.69, 9.17) is 11.5 Å². The number of hydrogen-bond acceptors (Lipinski definition) is 3. The molecule has 4 N–H and O–H groups in total. The summed E-state index contributed by atoms with van der Waals surface area (Å²) in [7, 11) is 4.26. The van der Waals surface area contributed by atoms with E-state index in [0.717, 1.165) is 0 Å². The van der Waals surface area contributed by atoms with Crippen LogP contribution in [0.25, 0.3) is 10.9 Å². The van der Waals surface area contributed by atoms with E-state index in [2.05, 4.69) is 75.2 Å². The van der Waals surface area contributed by atoms with Gasteiger partial charge in [0.1, 0.15) is 0 Å². The first-order valence-electron chi connectivity index (χ1n) is 5.63. The zero-order valence-electron chi connectivity index (χ0n) is 11.7. The van der Waals surface area contributed by atoms with Crippen molar-refractivity contribution < 1.29 is 14.6 Å². The first kappa shape index (κ1) is 21.0. The molecule has 0 aliphatic rings. The summed E-state index contributed by atoms with van der Waals surface area (Å²) in [6.45, 7) is 3.53. The van der Waals surface area contributed by atoms with Crippen LogP contribution in [0.4, 0.5) is 0 Å². The van der Waals surface area contributed by atoms with Crippen LogP contribution in [0, 0.1) is 0 Å². The summed E-state index contributed by atoms with van der Waals surface area (Å²) in [4.78, 5) is 4.40. The van der Waals surface area contributed by atoms with Gasteiger partial charge >= 0.3 is 24.8 Å². The van der Waals surface area contributed by atoms with Crippen molar-refractivity contribution >= 4 is 56.3 Å². The Labute approximate surface area is 151 Å². The van der Waals surface area contributed by atoms with Gasteiger partial charge in [-0.05, 0) is 26.0 Å². The molecule has 0 amide bonds. The first-order valence-corrected chi connectivity index (χ1v) is 7.88. The molecule has 0 aliphatic heterocycles. The van der Waals surface area contributed by atoms with Crippen LogP contribution in [0.2, 0.25) is 0 Å². The molecule has 0 spiro atoms. The Kier molecular flexibility index (Phi) is 11.0. The Morgan fingerprint density at radius 2 is 1.41 bits per heavy atom. The van der Waals surface area contributed by atoms with Crippen molar-refractivity contribution in [2.75, 3.05) is 0 Å². The van der Waals surface area contributed by atoms with Gasteiger partial charge < -0.3 is 21.1 Å². The maximum absolute atomic E-state index is 5.30. The number of rotatable bonds is 4. The minimum atomic E-state index is 0.0804. The van der Waals surface area contributed by atoms with Crippen molar-refractivity contribution in [2.45, 2.75) is 13.8 Å². The molecule has 0 fully saturated rings. The number of nitrogens with zero attached hydrogens (tertiary/aromatic N) is 5. The van der Waals surface area contributed by atoms with Crippen molar-refractivity contribution in [2.24, 2.45) is 21.7 Å². The predicted molar refractivity (Wildman–Crippen MR) is 97.1 cm³/mol. The Hall–Kier alpha value is -1.03. The average molecular weight is 404 g/mol. The van der Waals surface area contributed by atoms with Gasteiger partial charge in [0.05, 0.1) is 11.4 Å². The Balaban J connectivity index is 0.00000211. The molecule has 0 aromatic carbocycles. The van der Waals surface area contributed by atoms with Gasteiger partial charge in [0.15, 0.2) is 34.7 Å². The van der Waals surface area contributed by atoms with Crippen LogP contribution in [0.3, 0.4) is 0 Å².